The second-order valence-electron chi connectivity index (χ2n) is 9.88. The quantitative estimate of drug-likeness (QED) is 0.180. The van der Waals surface area contributed by atoms with E-state index < -0.39 is 0 Å². The van der Waals surface area contributed by atoms with E-state index in [2.05, 4.69) is 12.2 Å². The molecule has 0 aliphatic carbocycles. The van der Waals surface area contributed by atoms with Crippen molar-refractivity contribution >= 4 is 5.91 Å². The van der Waals surface area contributed by atoms with Crippen molar-refractivity contribution in [2.24, 2.45) is 0 Å². The summed E-state index contributed by atoms with van der Waals surface area (Å²) in [5.41, 5.74) is 1.08. The third-order valence-electron chi connectivity index (χ3n) is 6.66. The second-order valence-corrected chi connectivity index (χ2v) is 9.88. The van der Waals surface area contributed by atoms with Gasteiger partial charge in [-0.25, -0.2) is 0 Å². The van der Waals surface area contributed by atoms with Crippen molar-refractivity contribution in [1.82, 2.24) is 5.32 Å². The SMILES string of the molecule is CCCCCCCCCCCCCCCCCCNC(=O)c1ccc(COc2ccccc2C)o1. The van der Waals surface area contributed by atoms with E-state index in [1.165, 1.54) is 96.3 Å². The fourth-order valence-corrected chi connectivity index (χ4v) is 4.41. The first-order valence-corrected chi connectivity index (χ1v) is 14.3. The maximum atomic E-state index is 12.3. The number of aryl methyl sites for hydroxylation is 1. The molecule has 1 heterocycles. The molecular formula is C31H49NO3. The van der Waals surface area contributed by atoms with Crippen molar-refractivity contribution in [3.05, 3.63) is 53.5 Å². The Morgan fingerprint density at radius 1 is 0.743 bits per heavy atom. The Labute approximate surface area is 214 Å². The molecule has 0 unspecified atom stereocenters. The number of amides is 1. The van der Waals surface area contributed by atoms with Gasteiger partial charge in [0.25, 0.3) is 5.91 Å². The molecule has 0 aliphatic heterocycles. The van der Waals surface area contributed by atoms with Crippen LogP contribution in [0.4, 0.5) is 0 Å². The summed E-state index contributed by atoms with van der Waals surface area (Å²) in [5, 5.41) is 2.97. The Hall–Kier alpha value is -2.23. The van der Waals surface area contributed by atoms with E-state index in [-0.39, 0.29) is 5.91 Å². The smallest absolute Gasteiger partial charge is 0.286 e. The average Bonchev–Trinajstić information content (AvgIpc) is 3.34. The van der Waals surface area contributed by atoms with Crippen LogP contribution in [0.25, 0.3) is 0 Å². The highest BCUT2D eigenvalue weighted by Gasteiger charge is 2.11. The van der Waals surface area contributed by atoms with Gasteiger partial charge in [-0.3, -0.25) is 4.79 Å². The fraction of sp³-hybridized carbons (Fsp3) is 0.645. The van der Waals surface area contributed by atoms with Crippen molar-refractivity contribution in [3.63, 3.8) is 0 Å². The monoisotopic (exact) mass is 483 g/mol. The van der Waals surface area contributed by atoms with Gasteiger partial charge >= 0.3 is 0 Å². The number of hydrogen-bond donors (Lipinski definition) is 1. The van der Waals surface area contributed by atoms with Gasteiger partial charge in [-0.1, -0.05) is 121 Å². The molecule has 0 saturated carbocycles. The summed E-state index contributed by atoms with van der Waals surface area (Å²) in [6, 6.07) is 11.4. The molecule has 2 rings (SSSR count). The number of rotatable bonds is 21. The number of nitrogens with one attached hydrogen (secondary N) is 1. The molecule has 1 amide bonds. The highest BCUT2D eigenvalue weighted by Crippen LogP contribution is 2.19. The Morgan fingerprint density at radius 2 is 1.29 bits per heavy atom. The standard InChI is InChI=1S/C31H49NO3/c1-3-4-5-6-7-8-9-10-11-12-13-14-15-16-17-20-25-32-31(33)30-24-23-28(35-30)26-34-29-22-19-18-21-27(29)2/h18-19,21-24H,3-17,20,25-26H2,1-2H3,(H,32,33). The number of ether oxygens (including phenoxy) is 1. The number of furan rings is 1. The molecular weight excluding hydrogens is 434 g/mol. The van der Waals surface area contributed by atoms with Gasteiger partial charge in [-0.2, -0.15) is 0 Å². The number of carbonyl (C=O) groups excluding carboxylic acids is 1. The molecule has 1 N–H and O–H groups in total. The molecule has 2 aromatic rings. The molecule has 35 heavy (non-hydrogen) atoms. The van der Waals surface area contributed by atoms with Crippen molar-refractivity contribution < 1.29 is 13.9 Å². The van der Waals surface area contributed by atoms with Gasteiger partial charge < -0.3 is 14.5 Å². The number of hydrogen-bond acceptors (Lipinski definition) is 3. The second kappa shape index (κ2) is 19.0. The minimum absolute atomic E-state index is 0.145. The summed E-state index contributed by atoms with van der Waals surface area (Å²) in [4.78, 5) is 12.3. The summed E-state index contributed by atoms with van der Waals surface area (Å²) < 4.78 is 11.4. The molecule has 0 spiro atoms. The van der Waals surface area contributed by atoms with Gasteiger partial charge in [0.2, 0.25) is 0 Å². The van der Waals surface area contributed by atoms with Crippen LogP contribution in [0.2, 0.25) is 0 Å². The summed E-state index contributed by atoms with van der Waals surface area (Å²) in [6.07, 6.45) is 21.6. The molecule has 0 saturated heterocycles. The van der Waals surface area contributed by atoms with E-state index >= 15 is 0 Å². The number of unbranched alkanes of at least 4 members (excludes halogenated alkanes) is 15. The van der Waals surface area contributed by atoms with Crippen LogP contribution in [0.1, 0.15) is 132 Å². The van der Waals surface area contributed by atoms with Gasteiger partial charge in [-0.05, 0) is 37.1 Å². The largest absolute Gasteiger partial charge is 0.485 e. The first-order chi connectivity index (χ1) is 17.2. The zero-order valence-corrected chi connectivity index (χ0v) is 22.4. The van der Waals surface area contributed by atoms with Crippen LogP contribution in [0.15, 0.2) is 40.8 Å². The normalized spacial score (nSPS) is 11.0. The topological polar surface area (TPSA) is 51.5 Å². The van der Waals surface area contributed by atoms with Crippen molar-refractivity contribution in [3.8, 4) is 5.75 Å². The third kappa shape index (κ3) is 13.4. The van der Waals surface area contributed by atoms with Crippen LogP contribution >= 0.6 is 0 Å². The summed E-state index contributed by atoms with van der Waals surface area (Å²) in [5.74, 6) is 1.69. The fourth-order valence-electron chi connectivity index (χ4n) is 4.41. The number of benzene rings is 1. The third-order valence-corrected chi connectivity index (χ3v) is 6.66. The van der Waals surface area contributed by atoms with E-state index in [0.717, 1.165) is 17.7 Å². The van der Waals surface area contributed by atoms with Gasteiger partial charge in [0.15, 0.2) is 5.76 Å². The van der Waals surface area contributed by atoms with Crippen LogP contribution in [0, 0.1) is 6.92 Å². The molecule has 1 aromatic heterocycles. The highest BCUT2D eigenvalue weighted by atomic mass is 16.5. The van der Waals surface area contributed by atoms with Crippen LogP contribution in [-0.4, -0.2) is 12.5 Å². The van der Waals surface area contributed by atoms with E-state index in [0.29, 0.717) is 24.7 Å². The van der Waals surface area contributed by atoms with Crippen LogP contribution in [0.5, 0.6) is 5.75 Å². The Bertz CT molecular complexity index is 798. The van der Waals surface area contributed by atoms with E-state index in [9.17, 15) is 4.79 Å². The zero-order chi connectivity index (χ0) is 25.0. The summed E-state index contributed by atoms with van der Waals surface area (Å²) >= 11 is 0. The summed E-state index contributed by atoms with van der Waals surface area (Å²) in [7, 11) is 0. The van der Waals surface area contributed by atoms with Crippen LogP contribution in [-0.2, 0) is 6.61 Å². The maximum Gasteiger partial charge on any atom is 0.286 e. The lowest BCUT2D eigenvalue weighted by molar-refractivity contribution is 0.0921. The molecule has 0 bridgehead atoms. The first kappa shape index (κ1) is 29.0. The van der Waals surface area contributed by atoms with Crippen molar-refractivity contribution in [2.45, 2.75) is 123 Å². The van der Waals surface area contributed by atoms with Gasteiger partial charge in [0.1, 0.15) is 18.1 Å². The predicted molar refractivity (Wildman–Crippen MR) is 146 cm³/mol. The molecule has 0 aliphatic rings. The van der Waals surface area contributed by atoms with Crippen LogP contribution < -0.4 is 10.1 Å². The predicted octanol–water partition coefficient (Wildman–Crippen LogP) is 9.16. The molecule has 0 radical (unpaired) electrons. The van der Waals surface area contributed by atoms with E-state index in [4.69, 9.17) is 9.15 Å². The van der Waals surface area contributed by atoms with Crippen molar-refractivity contribution in [2.75, 3.05) is 6.54 Å². The van der Waals surface area contributed by atoms with Crippen molar-refractivity contribution in [1.29, 1.82) is 0 Å². The van der Waals surface area contributed by atoms with E-state index in [1.807, 2.05) is 37.3 Å². The maximum absolute atomic E-state index is 12.3. The molecule has 4 heteroatoms. The van der Waals surface area contributed by atoms with Gasteiger partial charge in [0, 0.05) is 6.54 Å². The summed E-state index contributed by atoms with van der Waals surface area (Å²) in [6.45, 7) is 5.31. The lowest BCUT2D eigenvalue weighted by Gasteiger charge is -2.07. The van der Waals surface area contributed by atoms with Gasteiger partial charge in [0.05, 0.1) is 0 Å². The average molecular weight is 484 g/mol. The molecule has 0 fully saturated rings. The number of para-hydroxylation sites is 1. The Morgan fingerprint density at radius 3 is 1.86 bits per heavy atom. The molecule has 0 atom stereocenters. The Balaban J connectivity index is 1.39. The zero-order valence-electron chi connectivity index (χ0n) is 22.4. The minimum Gasteiger partial charge on any atom is -0.485 e. The Kier molecular flexibility index (Phi) is 15.8. The van der Waals surface area contributed by atoms with Crippen LogP contribution in [0.3, 0.4) is 0 Å². The molecule has 4 nitrogen and oxygen atoms in total. The lowest BCUT2D eigenvalue weighted by atomic mass is 10.0. The molecule has 1 aromatic carbocycles. The lowest BCUT2D eigenvalue weighted by Crippen LogP contribution is -2.23. The van der Waals surface area contributed by atoms with E-state index in [1.54, 1.807) is 6.07 Å². The highest BCUT2D eigenvalue weighted by molar-refractivity contribution is 5.91. The van der Waals surface area contributed by atoms with Gasteiger partial charge in [-0.15, -0.1) is 0 Å². The minimum atomic E-state index is -0.145. The number of carbonyl (C=O) groups is 1. The molecule has 196 valence electrons. The first-order valence-electron chi connectivity index (χ1n) is 14.3.